The van der Waals surface area contributed by atoms with Crippen molar-refractivity contribution in [2.75, 3.05) is 7.11 Å². The number of aliphatic hydroxyl groups is 1. The predicted octanol–water partition coefficient (Wildman–Crippen LogP) is 4.14. The van der Waals surface area contributed by atoms with Gasteiger partial charge in [0, 0.05) is 10.9 Å². The first kappa shape index (κ1) is 13.7. The van der Waals surface area contributed by atoms with E-state index in [1.165, 1.54) is 0 Å². The zero-order chi connectivity index (χ0) is 15.0. The lowest BCUT2D eigenvalue weighted by Crippen LogP contribution is -2.01. The van der Waals surface area contributed by atoms with Gasteiger partial charge in [-0.2, -0.15) is 0 Å². The van der Waals surface area contributed by atoms with Crippen LogP contribution < -0.4 is 4.74 Å². The van der Waals surface area contributed by atoms with Gasteiger partial charge in [0.15, 0.2) is 0 Å². The van der Waals surface area contributed by atoms with Gasteiger partial charge in [-0.15, -0.1) is 0 Å². The topological polar surface area (TPSA) is 42.6 Å². The van der Waals surface area contributed by atoms with Gasteiger partial charge in [-0.05, 0) is 43.7 Å². The van der Waals surface area contributed by atoms with E-state index in [0.717, 1.165) is 22.1 Å². The van der Waals surface area contributed by atoms with Crippen LogP contribution in [0.3, 0.4) is 0 Å². The summed E-state index contributed by atoms with van der Waals surface area (Å²) in [6, 6.07) is 13.6. The molecular formula is C18H18O3. The van der Waals surface area contributed by atoms with Crippen molar-refractivity contribution in [2.45, 2.75) is 20.0 Å². The maximum absolute atomic E-state index is 10.6. The lowest BCUT2D eigenvalue weighted by Gasteiger charge is -2.13. The Morgan fingerprint density at radius 1 is 1.00 bits per heavy atom. The van der Waals surface area contributed by atoms with Gasteiger partial charge >= 0.3 is 0 Å². The highest BCUT2D eigenvalue weighted by Crippen LogP contribution is 2.33. The number of methoxy groups -OCH3 is 1. The Hall–Kier alpha value is -2.26. The highest BCUT2D eigenvalue weighted by molar-refractivity contribution is 5.78. The monoisotopic (exact) mass is 282 g/mol. The van der Waals surface area contributed by atoms with E-state index >= 15 is 0 Å². The lowest BCUT2D eigenvalue weighted by atomic mass is 10.0. The number of aryl methyl sites for hydroxylation is 2. The van der Waals surface area contributed by atoms with E-state index in [1.807, 2.05) is 56.3 Å². The number of aliphatic hydroxyl groups excluding tert-OH is 1. The third-order valence-electron chi connectivity index (χ3n) is 3.64. The Morgan fingerprint density at radius 3 is 2.48 bits per heavy atom. The first-order valence-electron chi connectivity index (χ1n) is 6.91. The Morgan fingerprint density at radius 2 is 1.71 bits per heavy atom. The number of fused-ring (bicyclic) bond motifs is 1. The predicted molar refractivity (Wildman–Crippen MR) is 82.7 cm³/mol. The van der Waals surface area contributed by atoms with Crippen molar-refractivity contribution in [1.82, 2.24) is 0 Å². The maximum Gasteiger partial charge on any atom is 0.140 e. The van der Waals surface area contributed by atoms with Crippen molar-refractivity contribution in [3.8, 4) is 5.75 Å². The van der Waals surface area contributed by atoms with Crippen LogP contribution in [0.1, 0.15) is 28.6 Å². The molecule has 2 aromatic carbocycles. The summed E-state index contributed by atoms with van der Waals surface area (Å²) in [6.45, 7) is 4.02. The van der Waals surface area contributed by atoms with Crippen molar-refractivity contribution >= 4 is 11.0 Å². The Bertz CT molecular complexity index is 786. The van der Waals surface area contributed by atoms with Crippen molar-refractivity contribution in [3.63, 3.8) is 0 Å². The summed E-state index contributed by atoms with van der Waals surface area (Å²) in [5.74, 6) is 1.19. The van der Waals surface area contributed by atoms with Crippen LogP contribution in [-0.4, -0.2) is 12.2 Å². The molecule has 0 amide bonds. The lowest BCUT2D eigenvalue weighted by molar-refractivity contribution is 0.188. The largest absolute Gasteiger partial charge is 0.496 e. The first-order chi connectivity index (χ1) is 10.1. The van der Waals surface area contributed by atoms with Gasteiger partial charge in [0.1, 0.15) is 23.2 Å². The summed E-state index contributed by atoms with van der Waals surface area (Å²) < 4.78 is 11.1. The zero-order valence-corrected chi connectivity index (χ0v) is 12.4. The minimum Gasteiger partial charge on any atom is -0.496 e. The highest BCUT2D eigenvalue weighted by atomic mass is 16.5. The molecule has 1 aromatic heterocycles. The molecule has 1 unspecified atom stereocenters. The van der Waals surface area contributed by atoms with E-state index < -0.39 is 6.10 Å². The minimum absolute atomic E-state index is 0.526. The van der Waals surface area contributed by atoms with Gasteiger partial charge in [-0.25, -0.2) is 0 Å². The average Bonchev–Trinajstić information content (AvgIpc) is 2.89. The third kappa shape index (κ3) is 2.52. The molecule has 3 nitrogen and oxygen atoms in total. The minimum atomic E-state index is -0.840. The van der Waals surface area contributed by atoms with Gasteiger partial charge < -0.3 is 14.3 Å². The summed E-state index contributed by atoms with van der Waals surface area (Å²) in [4.78, 5) is 0. The Kier molecular flexibility index (Phi) is 3.43. The van der Waals surface area contributed by atoms with Crippen molar-refractivity contribution in [3.05, 3.63) is 64.9 Å². The maximum atomic E-state index is 10.6. The highest BCUT2D eigenvalue weighted by Gasteiger charge is 2.19. The van der Waals surface area contributed by atoms with Crippen LogP contribution in [0.2, 0.25) is 0 Å². The summed E-state index contributed by atoms with van der Waals surface area (Å²) in [5, 5.41) is 11.6. The van der Waals surface area contributed by atoms with Crippen LogP contribution in [0, 0.1) is 13.8 Å². The van der Waals surface area contributed by atoms with E-state index in [1.54, 1.807) is 7.11 Å². The van der Waals surface area contributed by atoms with Crippen molar-refractivity contribution in [1.29, 1.82) is 0 Å². The van der Waals surface area contributed by atoms with Crippen LogP contribution in [0.25, 0.3) is 11.0 Å². The molecule has 21 heavy (non-hydrogen) atoms. The van der Waals surface area contributed by atoms with Crippen LogP contribution >= 0.6 is 0 Å². The molecule has 0 aliphatic rings. The van der Waals surface area contributed by atoms with E-state index in [-0.39, 0.29) is 0 Å². The smallest absolute Gasteiger partial charge is 0.140 e. The van der Waals surface area contributed by atoms with Gasteiger partial charge in [-0.3, -0.25) is 0 Å². The van der Waals surface area contributed by atoms with E-state index in [4.69, 9.17) is 9.15 Å². The standard InChI is InChI=1S/C18H18O3/c1-11-5-7-15-13(8-11)10-17(21-15)18(19)14-6-4-12(2)9-16(14)20-3/h4-10,18-19H,1-3H3. The number of hydrogen-bond donors (Lipinski definition) is 1. The number of ether oxygens (including phenoxy) is 1. The molecule has 0 spiro atoms. The summed E-state index contributed by atoms with van der Waals surface area (Å²) in [7, 11) is 1.60. The molecule has 0 saturated heterocycles. The molecule has 1 heterocycles. The van der Waals surface area contributed by atoms with E-state index in [9.17, 15) is 5.11 Å². The molecule has 3 rings (SSSR count). The van der Waals surface area contributed by atoms with Gasteiger partial charge in [0.25, 0.3) is 0 Å². The summed E-state index contributed by atoms with van der Waals surface area (Å²) in [6.07, 6.45) is -0.840. The molecule has 0 fully saturated rings. The first-order valence-corrected chi connectivity index (χ1v) is 6.91. The fourth-order valence-electron chi connectivity index (χ4n) is 2.52. The van der Waals surface area contributed by atoms with Crippen molar-refractivity contribution < 1.29 is 14.3 Å². The quantitative estimate of drug-likeness (QED) is 0.785. The van der Waals surface area contributed by atoms with Gasteiger partial charge in [0.05, 0.1) is 7.11 Å². The normalized spacial score (nSPS) is 12.6. The molecule has 0 aliphatic heterocycles. The molecule has 0 bridgehead atoms. The molecule has 3 aromatic rings. The van der Waals surface area contributed by atoms with Crippen molar-refractivity contribution in [2.24, 2.45) is 0 Å². The molecular weight excluding hydrogens is 264 g/mol. The Labute approximate surface area is 123 Å². The average molecular weight is 282 g/mol. The molecule has 3 heteroatoms. The van der Waals surface area contributed by atoms with E-state index in [2.05, 4.69) is 0 Å². The fourth-order valence-corrected chi connectivity index (χ4v) is 2.52. The zero-order valence-electron chi connectivity index (χ0n) is 12.4. The van der Waals surface area contributed by atoms with Crippen LogP contribution in [0.5, 0.6) is 5.75 Å². The molecule has 0 radical (unpaired) electrons. The number of benzene rings is 2. The van der Waals surface area contributed by atoms with Crippen LogP contribution in [0.15, 0.2) is 46.9 Å². The second kappa shape index (κ2) is 5.26. The van der Waals surface area contributed by atoms with Gasteiger partial charge in [-0.1, -0.05) is 23.8 Å². The van der Waals surface area contributed by atoms with Crippen LogP contribution in [-0.2, 0) is 0 Å². The Balaban J connectivity index is 2.05. The number of hydrogen-bond acceptors (Lipinski definition) is 3. The third-order valence-corrected chi connectivity index (χ3v) is 3.64. The molecule has 1 N–H and O–H groups in total. The molecule has 0 aliphatic carbocycles. The molecule has 0 saturated carbocycles. The SMILES string of the molecule is COc1cc(C)ccc1C(O)c1cc2cc(C)ccc2o1. The molecule has 108 valence electrons. The van der Waals surface area contributed by atoms with Gasteiger partial charge in [0.2, 0.25) is 0 Å². The number of rotatable bonds is 3. The number of furan rings is 1. The van der Waals surface area contributed by atoms with E-state index in [0.29, 0.717) is 17.1 Å². The summed E-state index contributed by atoms with van der Waals surface area (Å²) >= 11 is 0. The summed E-state index contributed by atoms with van der Waals surface area (Å²) in [5.41, 5.74) is 3.74. The molecule has 1 atom stereocenters. The fraction of sp³-hybridized carbons (Fsp3) is 0.222. The second-order valence-corrected chi connectivity index (χ2v) is 5.34. The van der Waals surface area contributed by atoms with Crippen LogP contribution in [0.4, 0.5) is 0 Å². The second-order valence-electron chi connectivity index (χ2n) is 5.34.